The molecule has 1 saturated heterocycles. The molecule has 0 aromatic carbocycles. The quantitative estimate of drug-likeness (QED) is 0.817. The molecule has 3 aliphatic rings. The smallest absolute Gasteiger partial charge is 0.160 e. The average molecular weight is 356 g/mol. The molecule has 0 saturated carbocycles. The lowest BCUT2D eigenvalue weighted by molar-refractivity contribution is 0.0401. The SMILES string of the molecule is CCCCC1CN2CCC3C=C(OC)C(OC)=CC3=C2CC1O.Cl. The van der Waals surface area contributed by atoms with Crippen LogP contribution in [0, 0.1) is 11.8 Å². The molecule has 3 rings (SSSR count). The van der Waals surface area contributed by atoms with Crippen LogP contribution in [0.3, 0.4) is 0 Å². The monoisotopic (exact) mass is 355 g/mol. The number of aliphatic hydroxyl groups excluding tert-OH is 1. The summed E-state index contributed by atoms with van der Waals surface area (Å²) in [7, 11) is 3.37. The zero-order valence-electron chi connectivity index (χ0n) is 15.0. The second kappa shape index (κ2) is 8.30. The van der Waals surface area contributed by atoms with Crippen molar-refractivity contribution in [1.82, 2.24) is 4.90 Å². The summed E-state index contributed by atoms with van der Waals surface area (Å²) in [6.07, 6.45) is 9.48. The van der Waals surface area contributed by atoms with Crippen LogP contribution < -0.4 is 0 Å². The average Bonchev–Trinajstić information content (AvgIpc) is 2.58. The van der Waals surface area contributed by atoms with Crippen LogP contribution in [-0.4, -0.2) is 43.4 Å². The summed E-state index contributed by atoms with van der Waals surface area (Å²) in [6, 6.07) is 0. The number of unbranched alkanes of at least 4 members (excludes halogenated alkanes) is 1. The van der Waals surface area contributed by atoms with Gasteiger partial charge in [0.1, 0.15) is 0 Å². The Morgan fingerprint density at radius 2 is 2.00 bits per heavy atom. The minimum absolute atomic E-state index is 0. The lowest BCUT2D eigenvalue weighted by Gasteiger charge is -2.45. The first-order chi connectivity index (χ1) is 11.2. The van der Waals surface area contributed by atoms with Gasteiger partial charge in [-0.3, -0.25) is 0 Å². The number of nitrogens with zero attached hydrogens (tertiary/aromatic N) is 1. The number of piperidine rings is 1. The fraction of sp³-hybridized carbons (Fsp3) is 0.684. The maximum absolute atomic E-state index is 10.6. The van der Waals surface area contributed by atoms with E-state index in [2.05, 4.69) is 24.0 Å². The molecule has 1 fully saturated rings. The van der Waals surface area contributed by atoms with Gasteiger partial charge >= 0.3 is 0 Å². The van der Waals surface area contributed by atoms with Crippen LogP contribution in [0.4, 0.5) is 0 Å². The number of fused-ring (bicyclic) bond motifs is 2. The summed E-state index contributed by atoms with van der Waals surface area (Å²) in [4.78, 5) is 2.49. The second-order valence-electron chi connectivity index (χ2n) is 6.86. The van der Waals surface area contributed by atoms with Gasteiger partial charge in [-0.15, -0.1) is 12.4 Å². The summed E-state index contributed by atoms with van der Waals surface area (Å²) in [6.45, 7) is 4.28. The van der Waals surface area contributed by atoms with Gasteiger partial charge in [0.25, 0.3) is 0 Å². The van der Waals surface area contributed by atoms with Gasteiger partial charge in [-0.1, -0.05) is 19.8 Å². The fourth-order valence-corrected chi connectivity index (χ4v) is 4.12. The Bertz CT molecular complexity index is 541. The highest BCUT2D eigenvalue weighted by Crippen LogP contribution is 2.41. The van der Waals surface area contributed by atoms with Crippen molar-refractivity contribution in [3.8, 4) is 0 Å². The number of rotatable bonds is 5. The lowest BCUT2D eigenvalue weighted by atomic mass is 9.79. The summed E-state index contributed by atoms with van der Waals surface area (Å²) in [5.74, 6) is 2.41. The Kier molecular flexibility index (Phi) is 6.64. The van der Waals surface area contributed by atoms with Crippen molar-refractivity contribution in [2.24, 2.45) is 11.8 Å². The van der Waals surface area contributed by atoms with Crippen LogP contribution >= 0.6 is 12.4 Å². The Morgan fingerprint density at radius 1 is 1.25 bits per heavy atom. The standard InChI is InChI=1S/C19H29NO3.ClH/c1-4-5-6-14-12-20-8-7-13-9-18(22-2)19(23-3)10-15(13)16(20)11-17(14)21;/h9-10,13-14,17,21H,4-8,11-12H2,1-3H3;1H. The van der Waals surface area contributed by atoms with Crippen molar-refractivity contribution >= 4 is 12.4 Å². The van der Waals surface area contributed by atoms with E-state index in [1.54, 1.807) is 14.2 Å². The first kappa shape index (κ1) is 19.2. The lowest BCUT2D eigenvalue weighted by Crippen LogP contribution is -2.45. The first-order valence-corrected chi connectivity index (χ1v) is 8.85. The summed E-state index contributed by atoms with van der Waals surface area (Å²) in [5, 5.41) is 10.6. The maximum Gasteiger partial charge on any atom is 0.160 e. The molecule has 0 spiro atoms. The molecule has 24 heavy (non-hydrogen) atoms. The minimum Gasteiger partial charge on any atom is -0.493 e. The highest BCUT2D eigenvalue weighted by Gasteiger charge is 2.37. The van der Waals surface area contributed by atoms with Gasteiger partial charge in [0, 0.05) is 37.0 Å². The minimum atomic E-state index is -0.216. The Labute approximate surface area is 151 Å². The van der Waals surface area contributed by atoms with Crippen LogP contribution in [0.1, 0.15) is 39.0 Å². The number of methoxy groups -OCH3 is 2. The summed E-state index contributed by atoms with van der Waals surface area (Å²) >= 11 is 0. The highest BCUT2D eigenvalue weighted by atomic mass is 35.5. The maximum atomic E-state index is 10.6. The van der Waals surface area contributed by atoms with Crippen molar-refractivity contribution in [2.45, 2.75) is 45.1 Å². The van der Waals surface area contributed by atoms with Crippen LogP contribution in [-0.2, 0) is 9.47 Å². The van der Waals surface area contributed by atoms with Crippen molar-refractivity contribution in [3.63, 3.8) is 0 Å². The van der Waals surface area contributed by atoms with E-state index in [9.17, 15) is 5.11 Å². The largest absolute Gasteiger partial charge is 0.493 e. The van der Waals surface area contributed by atoms with Gasteiger partial charge in [-0.25, -0.2) is 0 Å². The molecule has 136 valence electrons. The van der Waals surface area contributed by atoms with Crippen LogP contribution in [0.25, 0.3) is 0 Å². The van der Waals surface area contributed by atoms with Crippen molar-refractivity contribution < 1.29 is 14.6 Å². The second-order valence-corrected chi connectivity index (χ2v) is 6.86. The number of hydrogen-bond acceptors (Lipinski definition) is 4. The molecule has 0 aromatic rings. The molecule has 4 nitrogen and oxygen atoms in total. The molecule has 1 N–H and O–H groups in total. The molecule has 0 bridgehead atoms. The normalized spacial score (nSPS) is 29.0. The van der Waals surface area contributed by atoms with E-state index < -0.39 is 0 Å². The summed E-state index contributed by atoms with van der Waals surface area (Å²) in [5.41, 5.74) is 2.62. The van der Waals surface area contributed by atoms with Gasteiger partial charge < -0.3 is 19.5 Å². The third-order valence-corrected chi connectivity index (χ3v) is 5.48. The van der Waals surface area contributed by atoms with E-state index in [0.29, 0.717) is 11.8 Å². The topological polar surface area (TPSA) is 41.9 Å². The molecule has 0 aromatic heterocycles. The third-order valence-electron chi connectivity index (χ3n) is 5.48. The predicted octanol–water partition coefficient (Wildman–Crippen LogP) is 3.63. The van der Waals surface area contributed by atoms with E-state index in [1.165, 1.54) is 24.1 Å². The van der Waals surface area contributed by atoms with E-state index >= 15 is 0 Å². The van der Waals surface area contributed by atoms with Crippen LogP contribution in [0.5, 0.6) is 0 Å². The molecule has 0 radical (unpaired) electrons. The zero-order chi connectivity index (χ0) is 16.4. The molecular formula is C19H30ClNO3. The molecular weight excluding hydrogens is 326 g/mol. The van der Waals surface area contributed by atoms with Gasteiger partial charge in [-0.05, 0) is 30.6 Å². The first-order valence-electron chi connectivity index (χ1n) is 8.85. The third kappa shape index (κ3) is 3.60. The molecule has 3 atom stereocenters. The van der Waals surface area contributed by atoms with E-state index in [4.69, 9.17) is 9.47 Å². The van der Waals surface area contributed by atoms with Gasteiger partial charge in [-0.2, -0.15) is 0 Å². The van der Waals surface area contributed by atoms with E-state index in [-0.39, 0.29) is 18.5 Å². The van der Waals surface area contributed by atoms with E-state index in [0.717, 1.165) is 43.9 Å². The van der Waals surface area contributed by atoms with Gasteiger partial charge in [0.05, 0.1) is 20.3 Å². The van der Waals surface area contributed by atoms with E-state index in [1.807, 2.05) is 0 Å². The van der Waals surface area contributed by atoms with Gasteiger partial charge in [0.15, 0.2) is 11.5 Å². The van der Waals surface area contributed by atoms with Crippen molar-refractivity contribution in [2.75, 3.05) is 27.3 Å². The molecule has 0 amide bonds. The number of halogens is 1. The predicted molar refractivity (Wildman–Crippen MR) is 97.8 cm³/mol. The number of aliphatic hydroxyl groups is 1. The number of hydrogen-bond donors (Lipinski definition) is 1. The van der Waals surface area contributed by atoms with Crippen molar-refractivity contribution in [1.29, 1.82) is 0 Å². The Hall–Kier alpha value is -1.13. The van der Waals surface area contributed by atoms with Crippen LogP contribution in [0.2, 0.25) is 0 Å². The molecule has 3 unspecified atom stereocenters. The molecule has 5 heteroatoms. The summed E-state index contributed by atoms with van der Waals surface area (Å²) < 4.78 is 10.9. The Balaban J connectivity index is 0.00000208. The van der Waals surface area contributed by atoms with Crippen molar-refractivity contribution in [3.05, 3.63) is 34.9 Å². The molecule has 2 aliphatic heterocycles. The number of allylic oxidation sites excluding steroid dienone is 3. The number of ether oxygens (including phenoxy) is 2. The van der Waals surface area contributed by atoms with Gasteiger partial charge in [0.2, 0.25) is 0 Å². The zero-order valence-corrected chi connectivity index (χ0v) is 15.8. The molecule has 1 aliphatic carbocycles. The Morgan fingerprint density at radius 3 is 2.67 bits per heavy atom. The highest BCUT2D eigenvalue weighted by molar-refractivity contribution is 5.85. The molecule has 2 heterocycles. The van der Waals surface area contributed by atoms with Crippen LogP contribution in [0.15, 0.2) is 34.9 Å². The fourth-order valence-electron chi connectivity index (χ4n) is 4.12.